The molecule has 100 valence electrons. The molecule has 0 fully saturated rings. The second-order valence-electron chi connectivity index (χ2n) is 5.72. The van der Waals surface area contributed by atoms with Crippen molar-refractivity contribution in [3.05, 3.63) is 64.8 Å². The van der Waals surface area contributed by atoms with E-state index in [9.17, 15) is 0 Å². The van der Waals surface area contributed by atoms with E-state index in [1.54, 1.807) is 0 Å². The van der Waals surface area contributed by atoms with Crippen molar-refractivity contribution < 1.29 is 0 Å². The largest absolute Gasteiger partial charge is 0.378 e. The molecule has 3 aromatic rings. The molecule has 2 N–H and O–H groups in total. The van der Waals surface area contributed by atoms with Crippen molar-refractivity contribution in [2.45, 2.75) is 26.3 Å². The van der Waals surface area contributed by atoms with Crippen molar-refractivity contribution in [2.24, 2.45) is 0 Å². The fourth-order valence-electron chi connectivity index (χ4n) is 3.44. The Kier molecular flexibility index (Phi) is 2.40. The summed E-state index contributed by atoms with van der Waals surface area (Å²) in [4.78, 5) is 3.56. The molecule has 0 saturated carbocycles. The van der Waals surface area contributed by atoms with Gasteiger partial charge in [-0.25, -0.2) is 0 Å². The molecule has 2 heterocycles. The second-order valence-corrected chi connectivity index (χ2v) is 5.72. The average molecular weight is 262 g/mol. The first-order valence-corrected chi connectivity index (χ1v) is 7.16. The Morgan fingerprint density at radius 3 is 2.70 bits per heavy atom. The molecule has 1 atom stereocenters. The van der Waals surface area contributed by atoms with Gasteiger partial charge in [0.15, 0.2) is 0 Å². The highest BCUT2D eigenvalue weighted by atomic mass is 15.0. The molecule has 20 heavy (non-hydrogen) atoms. The molecular formula is C18H18N2. The number of aryl methyl sites for hydroxylation is 2. The van der Waals surface area contributed by atoms with E-state index in [4.69, 9.17) is 0 Å². The van der Waals surface area contributed by atoms with Crippen LogP contribution < -0.4 is 5.32 Å². The molecule has 0 bridgehead atoms. The maximum absolute atomic E-state index is 3.67. The summed E-state index contributed by atoms with van der Waals surface area (Å²) in [6.45, 7) is 4.35. The minimum Gasteiger partial charge on any atom is -0.378 e. The van der Waals surface area contributed by atoms with Crippen LogP contribution in [-0.2, 0) is 6.42 Å². The maximum atomic E-state index is 3.67. The summed E-state index contributed by atoms with van der Waals surface area (Å²) >= 11 is 0. The normalized spacial score (nSPS) is 17.2. The number of hydrogen-bond acceptors (Lipinski definition) is 1. The van der Waals surface area contributed by atoms with E-state index in [0.717, 1.165) is 6.42 Å². The number of anilines is 1. The van der Waals surface area contributed by atoms with Crippen LogP contribution in [0.15, 0.2) is 42.5 Å². The van der Waals surface area contributed by atoms with Crippen molar-refractivity contribution in [3.63, 3.8) is 0 Å². The fraction of sp³-hybridized carbons (Fsp3) is 0.222. The highest BCUT2D eigenvalue weighted by molar-refractivity contribution is 5.88. The molecule has 0 saturated heterocycles. The summed E-state index contributed by atoms with van der Waals surface area (Å²) in [5, 5.41) is 5.02. The molecule has 0 radical (unpaired) electrons. The first kappa shape index (κ1) is 11.6. The number of hydrogen-bond donors (Lipinski definition) is 2. The predicted octanol–water partition coefficient (Wildman–Crippen LogP) is 4.49. The highest BCUT2D eigenvalue weighted by Crippen LogP contribution is 2.38. The molecule has 1 unspecified atom stereocenters. The molecule has 0 spiro atoms. The Morgan fingerprint density at radius 1 is 1.00 bits per heavy atom. The van der Waals surface area contributed by atoms with Gasteiger partial charge in [-0.15, -0.1) is 0 Å². The maximum Gasteiger partial charge on any atom is 0.0578 e. The van der Waals surface area contributed by atoms with Gasteiger partial charge in [0.05, 0.1) is 6.04 Å². The molecule has 2 aromatic carbocycles. The monoisotopic (exact) mass is 262 g/mol. The minimum atomic E-state index is 0.378. The number of para-hydroxylation sites is 2. The Morgan fingerprint density at radius 2 is 1.85 bits per heavy atom. The molecule has 1 aromatic heterocycles. The summed E-state index contributed by atoms with van der Waals surface area (Å²) in [6.07, 6.45) is 1.07. The number of benzene rings is 2. The SMILES string of the molecule is Cc1[nH]c2c(C)cccc2c1C1Cc2ccccc2N1. The highest BCUT2D eigenvalue weighted by Gasteiger charge is 2.25. The van der Waals surface area contributed by atoms with Gasteiger partial charge in [-0.1, -0.05) is 36.4 Å². The summed E-state index contributed by atoms with van der Waals surface area (Å²) in [5.41, 5.74) is 7.97. The van der Waals surface area contributed by atoms with Gasteiger partial charge in [-0.2, -0.15) is 0 Å². The first-order valence-electron chi connectivity index (χ1n) is 7.16. The zero-order valence-corrected chi connectivity index (χ0v) is 11.8. The number of aromatic amines is 1. The van der Waals surface area contributed by atoms with Gasteiger partial charge in [0.2, 0.25) is 0 Å². The zero-order chi connectivity index (χ0) is 13.7. The first-order chi connectivity index (χ1) is 9.74. The summed E-state index contributed by atoms with van der Waals surface area (Å²) in [7, 11) is 0. The lowest BCUT2D eigenvalue weighted by Gasteiger charge is -2.12. The Balaban J connectivity index is 1.85. The van der Waals surface area contributed by atoms with E-state index < -0.39 is 0 Å². The minimum absolute atomic E-state index is 0.378. The van der Waals surface area contributed by atoms with E-state index >= 15 is 0 Å². The number of aromatic nitrogens is 1. The third-order valence-corrected chi connectivity index (χ3v) is 4.40. The van der Waals surface area contributed by atoms with Crippen molar-refractivity contribution in [1.82, 2.24) is 4.98 Å². The van der Waals surface area contributed by atoms with Crippen molar-refractivity contribution in [1.29, 1.82) is 0 Å². The van der Waals surface area contributed by atoms with E-state index in [0.29, 0.717) is 6.04 Å². The second kappa shape index (κ2) is 4.14. The third-order valence-electron chi connectivity index (χ3n) is 4.40. The van der Waals surface area contributed by atoms with Crippen LogP contribution in [0.1, 0.15) is 28.4 Å². The molecule has 2 heteroatoms. The summed E-state index contributed by atoms with van der Waals surface area (Å²) in [6, 6.07) is 15.5. The quantitative estimate of drug-likeness (QED) is 0.664. The molecule has 0 amide bonds. The number of fused-ring (bicyclic) bond motifs is 2. The molecule has 1 aliphatic rings. The molecular weight excluding hydrogens is 244 g/mol. The molecule has 4 rings (SSSR count). The predicted molar refractivity (Wildman–Crippen MR) is 84.3 cm³/mol. The lowest BCUT2D eigenvalue weighted by molar-refractivity contribution is 0.822. The van der Waals surface area contributed by atoms with Crippen LogP contribution in [0.4, 0.5) is 5.69 Å². The van der Waals surface area contributed by atoms with Crippen molar-refractivity contribution in [2.75, 3.05) is 5.32 Å². The van der Waals surface area contributed by atoms with Gasteiger partial charge in [0.1, 0.15) is 0 Å². The van der Waals surface area contributed by atoms with E-state index in [2.05, 4.69) is 66.6 Å². The number of H-pyrrole nitrogens is 1. The van der Waals surface area contributed by atoms with Crippen LogP contribution in [0.2, 0.25) is 0 Å². The van der Waals surface area contributed by atoms with E-state index in [-0.39, 0.29) is 0 Å². The zero-order valence-electron chi connectivity index (χ0n) is 11.8. The van der Waals surface area contributed by atoms with Crippen LogP contribution in [0.3, 0.4) is 0 Å². The number of rotatable bonds is 1. The number of nitrogens with one attached hydrogen (secondary N) is 2. The van der Waals surface area contributed by atoms with Gasteiger partial charge in [0.25, 0.3) is 0 Å². The Labute approximate surface area is 118 Å². The Hall–Kier alpha value is -2.22. The summed E-state index contributed by atoms with van der Waals surface area (Å²) in [5.74, 6) is 0. The van der Waals surface area contributed by atoms with Gasteiger partial charge in [-0.05, 0) is 37.5 Å². The van der Waals surface area contributed by atoms with Crippen LogP contribution in [-0.4, -0.2) is 4.98 Å². The molecule has 2 nitrogen and oxygen atoms in total. The standard InChI is InChI=1S/C18H18N2/c1-11-6-5-8-14-17(12(2)19-18(11)14)16-10-13-7-3-4-9-15(13)20-16/h3-9,16,19-20H,10H2,1-2H3. The summed E-state index contributed by atoms with van der Waals surface area (Å²) < 4.78 is 0. The van der Waals surface area contributed by atoms with Crippen LogP contribution in [0.25, 0.3) is 10.9 Å². The lowest BCUT2D eigenvalue weighted by Crippen LogP contribution is -2.06. The lowest BCUT2D eigenvalue weighted by atomic mass is 9.99. The molecule has 0 aliphatic carbocycles. The fourth-order valence-corrected chi connectivity index (χ4v) is 3.44. The molecule has 1 aliphatic heterocycles. The van der Waals surface area contributed by atoms with Gasteiger partial charge in [0, 0.05) is 27.8 Å². The topological polar surface area (TPSA) is 27.8 Å². The average Bonchev–Trinajstić information content (AvgIpc) is 2.99. The van der Waals surface area contributed by atoms with Crippen LogP contribution in [0.5, 0.6) is 0 Å². The smallest absolute Gasteiger partial charge is 0.0578 e. The van der Waals surface area contributed by atoms with E-state index in [1.165, 1.54) is 39.0 Å². The van der Waals surface area contributed by atoms with Gasteiger partial charge < -0.3 is 10.3 Å². The van der Waals surface area contributed by atoms with Gasteiger partial charge in [-0.3, -0.25) is 0 Å². The van der Waals surface area contributed by atoms with E-state index in [1.807, 2.05) is 0 Å². The van der Waals surface area contributed by atoms with Crippen LogP contribution >= 0.6 is 0 Å². The van der Waals surface area contributed by atoms with Crippen LogP contribution in [0, 0.1) is 13.8 Å². The van der Waals surface area contributed by atoms with Crippen molar-refractivity contribution >= 4 is 16.6 Å². The van der Waals surface area contributed by atoms with Crippen molar-refractivity contribution in [3.8, 4) is 0 Å². The third kappa shape index (κ3) is 1.58. The Bertz CT molecular complexity index is 773. The van der Waals surface area contributed by atoms with Gasteiger partial charge >= 0.3 is 0 Å².